The Bertz CT molecular complexity index is 544. The Morgan fingerprint density at radius 1 is 0.909 bits per heavy atom. The Hall–Kier alpha value is -1.64. The second-order valence-electron chi connectivity index (χ2n) is 6.05. The number of rotatable bonds is 6. The predicted molar refractivity (Wildman–Crippen MR) is 91.8 cm³/mol. The molecule has 3 rings (SSSR count). The molecular weight excluding hydrogens is 270 g/mol. The van der Waals surface area contributed by atoms with E-state index < -0.39 is 0 Å². The van der Waals surface area contributed by atoms with Gasteiger partial charge < -0.3 is 10.1 Å². The average Bonchev–Trinajstić information content (AvgIpc) is 2.61. The maximum absolute atomic E-state index is 5.83. The van der Waals surface area contributed by atoms with Gasteiger partial charge in [-0.15, -0.1) is 0 Å². The highest BCUT2D eigenvalue weighted by atomic mass is 16.5. The first-order valence-electron chi connectivity index (χ1n) is 8.37. The van der Waals surface area contributed by atoms with E-state index in [0.717, 1.165) is 13.0 Å². The van der Waals surface area contributed by atoms with Gasteiger partial charge in [0, 0.05) is 12.6 Å². The first-order chi connectivity index (χ1) is 10.9. The van der Waals surface area contributed by atoms with Crippen LogP contribution >= 0.6 is 0 Å². The lowest BCUT2D eigenvalue weighted by atomic mass is 10.0. The molecular formula is C20H25NO. The molecule has 2 aromatic carbocycles. The van der Waals surface area contributed by atoms with Crippen molar-refractivity contribution in [2.75, 3.05) is 13.2 Å². The van der Waals surface area contributed by atoms with Crippen LogP contribution in [0.5, 0.6) is 0 Å². The molecule has 1 fully saturated rings. The molecule has 0 amide bonds. The van der Waals surface area contributed by atoms with Crippen LogP contribution in [0.1, 0.15) is 31.2 Å². The van der Waals surface area contributed by atoms with Gasteiger partial charge in [0.25, 0.3) is 0 Å². The highest BCUT2D eigenvalue weighted by molar-refractivity contribution is 5.63. The second-order valence-corrected chi connectivity index (χ2v) is 6.05. The molecule has 0 saturated carbocycles. The van der Waals surface area contributed by atoms with Gasteiger partial charge in [-0.3, -0.25) is 0 Å². The summed E-state index contributed by atoms with van der Waals surface area (Å²) in [5, 5.41) is 3.56. The summed E-state index contributed by atoms with van der Waals surface area (Å²) >= 11 is 0. The average molecular weight is 295 g/mol. The van der Waals surface area contributed by atoms with Gasteiger partial charge in [0.15, 0.2) is 0 Å². The molecule has 0 bridgehead atoms. The Balaban J connectivity index is 1.43. The van der Waals surface area contributed by atoms with Crippen LogP contribution in [0.3, 0.4) is 0 Å². The van der Waals surface area contributed by atoms with E-state index in [9.17, 15) is 0 Å². The van der Waals surface area contributed by atoms with Crippen LogP contribution in [0.2, 0.25) is 0 Å². The van der Waals surface area contributed by atoms with Crippen molar-refractivity contribution in [2.24, 2.45) is 0 Å². The minimum Gasteiger partial charge on any atom is -0.377 e. The molecule has 1 atom stereocenters. The topological polar surface area (TPSA) is 21.3 Å². The van der Waals surface area contributed by atoms with Gasteiger partial charge in [0.1, 0.15) is 0 Å². The summed E-state index contributed by atoms with van der Waals surface area (Å²) < 4.78 is 5.83. The Labute approximate surface area is 133 Å². The van der Waals surface area contributed by atoms with E-state index in [1.165, 1.54) is 42.5 Å². The molecule has 22 heavy (non-hydrogen) atoms. The fourth-order valence-corrected chi connectivity index (χ4v) is 3.01. The van der Waals surface area contributed by atoms with Gasteiger partial charge in [-0.25, -0.2) is 0 Å². The molecule has 2 aromatic rings. The van der Waals surface area contributed by atoms with Crippen LogP contribution in [-0.2, 0) is 11.3 Å². The molecule has 0 radical (unpaired) electrons. The summed E-state index contributed by atoms with van der Waals surface area (Å²) in [5.74, 6) is 0. The Morgan fingerprint density at radius 3 is 2.41 bits per heavy atom. The van der Waals surface area contributed by atoms with Gasteiger partial charge in [0.05, 0.1) is 6.61 Å². The van der Waals surface area contributed by atoms with Crippen molar-refractivity contribution < 1.29 is 4.74 Å². The maximum Gasteiger partial charge on any atom is 0.0716 e. The van der Waals surface area contributed by atoms with Crippen molar-refractivity contribution in [3.05, 3.63) is 60.2 Å². The van der Waals surface area contributed by atoms with Gasteiger partial charge in [-0.1, -0.05) is 61.0 Å². The molecule has 1 aliphatic heterocycles. The van der Waals surface area contributed by atoms with Crippen LogP contribution in [-0.4, -0.2) is 19.2 Å². The normalized spacial score (nSPS) is 18.3. The number of piperidine rings is 1. The van der Waals surface area contributed by atoms with Crippen molar-refractivity contribution in [3.8, 4) is 11.1 Å². The molecule has 2 heteroatoms. The number of benzene rings is 2. The molecule has 1 saturated heterocycles. The molecule has 1 heterocycles. The highest BCUT2D eigenvalue weighted by Crippen LogP contribution is 2.19. The van der Waals surface area contributed by atoms with Crippen LogP contribution in [0.15, 0.2) is 54.6 Å². The third kappa shape index (κ3) is 4.43. The van der Waals surface area contributed by atoms with E-state index in [0.29, 0.717) is 12.6 Å². The molecule has 2 nitrogen and oxygen atoms in total. The summed E-state index contributed by atoms with van der Waals surface area (Å²) in [6, 6.07) is 19.8. The lowest BCUT2D eigenvalue weighted by Crippen LogP contribution is -2.34. The van der Waals surface area contributed by atoms with Crippen molar-refractivity contribution >= 4 is 0 Å². The molecule has 1 aliphatic rings. The van der Waals surface area contributed by atoms with Gasteiger partial charge in [0.2, 0.25) is 0 Å². The largest absolute Gasteiger partial charge is 0.377 e. The Morgan fingerprint density at radius 2 is 1.68 bits per heavy atom. The summed E-state index contributed by atoms with van der Waals surface area (Å²) in [4.78, 5) is 0. The standard InChI is InChI=1S/C20H25NO/c1-2-6-18(7-3-1)19-11-9-17(10-12-19)16-22-15-13-20-8-4-5-14-21-20/h1-3,6-7,9-12,20-21H,4-5,8,13-16H2/t20-/m0/s1. The first kappa shape index (κ1) is 15.3. The maximum atomic E-state index is 5.83. The first-order valence-corrected chi connectivity index (χ1v) is 8.37. The molecule has 1 N–H and O–H groups in total. The van der Waals surface area contributed by atoms with Crippen LogP contribution in [0, 0.1) is 0 Å². The van der Waals surface area contributed by atoms with E-state index in [1.807, 2.05) is 6.07 Å². The predicted octanol–water partition coefficient (Wildman–Crippen LogP) is 4.40. The Kier molecular flexibility index (Phi) is 5.63. The number of hydrogen-bond donors (Lipinski definition) is 1. The monoisotopic (exact) mass is 295 g/mol. The van der Waals surface area contributed by atoms with Gasteiger partial charge in [-0.05, 0) is 42.5 Å². The molecule has 116 valence electrons. The minimum absolute atomic E-state index is 0.661. The van der Waals surface area contributed by atoms with Crippen molar-refractivity contribution in [3.63, 3.8) is 0 Å². The van der Waals surface area contributed by atoms with Crippen molar-refractivity contribution in [2.45, 2.75) is 38.3 Å². The minimum atomic E-state index is 0.661. The lowest BCUT2D eigenvalue weighted by Gasteiger charge is -2.23. The lowest BCUT2D eigenvalue weighted by molar-refractivity contribution is 0.108. The van der Waals surface area contributed by atoms with Gasteiger partial charge >= 0.3 is 0 Å². The number of nitrogens with one attached hydrogen (secondary N) is 1. The van der Waals surface area contributed by atoms with Crippen LogP contribution in [0.4, 0.5) is 0 Å². The molecule has 0 spiro atoms. The smallest absolute Gasteiger partial charge is 0.0716 e. The van der Waals surface area contributed by atoms with Crippen LogP contribution in [0.25, 0.3) is 11.1 Å². The van der Waals surface area contributed by atoms with E-state index in [4.69, 9.17) is 4.74 Å². The zero-order valence-electron chi connectivity index (χ0n) is 13.1. The number of ether oxygens (including phenoxy) is 1. The van der Waals surface area contributed by atoms with E-state index >= 15 is 0 Å². The SMILES string of the molecule is c1ccc(-c2ccc(COCC[C@@H]3CCCCN3)cc2)cc1. The van der Waals surface area contributed by atoms with E-state index in [1.54, 1.807) is 0 Å². The second kappa shape index (κ2) is 8.11. The quantitative estimate of drug-likeness (QED) is 0.797. The van der Waals surface area contributed by atoms with E-state index in [2.05, 4.69) is 53.8 Å². The summed E-state index contributed by atoms with van der Waals surface area (Å²) in [5.41, 5.74) is 3.77. The molecule has 0 aromatic heterocycles. The molecule has 0 aliphatic carbocycles. The highest BCUT2D eigenvalue weighted by Gasteiger charge is 2.11. The zero-order chi connectivity index (χ0) is 15.0. The summed E-state index contributed by atoms with van der Waals surface area (Å²) in [6.45, 7) is 2.73. The summed E-state index contributed by atoms with van der Waals surface area (Å²) in [7, 11) is 0. The third-order valence-electron chi connectivity index (χ3n) is 4.35. The fourth-order valence-electron chi connectivity index (χ4n) is 3.01. The van der Waals surface area contributed by atoms with Crippen molar-refractivity contribution in [1.29, 1.82) is 0 Å². The van der Waals surface area contributed by atoms with Crippen molar-refractivity contribution in [1.82, 2.24) is 5.32 Å². The van der Waals surface area contributed by atoms with Gasteiger partial charge in [-0.2, -0.15) is 0 Å². The number of hydrogen-bond acceptors (Lipinski definition) is 2. The third-order valence-corrected chi connectivity index (χ3v) is 4.35. The van der Waals surface area contributed by atoms with E-state index in [-0.39, 0.29) is 0 Å². The van der Waals surface area contributed by atoms with Crippen LogP contribution < -0.4 is 5.32 Å². The zero-order valence-corrected chi connectivity index (χ0v) is 13.1. The fraction of sp³-hybridized carbons (Fsp3) is 0.400. The molecule has 0 unspecified atom stereocenters. The summed E-state index contributed by atoms with van der Waals surface area (Å²) in [6.07, 6.45) is 5.11.